The number of hydrogen-bond donors (Lipinski definition) is 1. The van der Waals surface area contributed by atoms with E-state index >= 15 is 0 Å². The zero-order valence-electron chi connectivity index (χ0n) is 12.8. The highest BCUT2D eigenvalue weighted by Crippen LogP contribution is 2.26. The molecule has 6 nitrogen and oxygen atoms in total. The Morgan fingerprint density at radius 3 is 2.71 bits per heavy atom. The zero-order valence-corrected chi connectivity index (χ0v) is 12.8. The second kappa shape index (κ2) is 5.54. The third-order valence-corrected chi connectivity index (χ3v) is 4.12. The average molecular weight is 286 g/mol. The second-order valence-electron chi connectivity index (χ2n) is 6.23. The van der Waals surface area contributed by atoms with Crippen LogP contribution in [0.4, 0.5) is 0 Å². The third kappa shape index (κ3) is 3.11. The second-order valence-corrected chi connectivity index (χ2v) is 6.23. The Morgan fingerprint density at radius 2 is 2.05 bits per heavy atom. The average Bonchev–Trinajstić information content (AvgIpc) is 2.87. The zero-order chi connectivity index (χ0) is 14.9. The van der Waals surface area contributed by atoms with Crippen molar-refractivity contribution in [2.75, 3.05) is 13.1 Å². The summed E-state index contributed by atoms with van der Waals surface area (Å²) in [6.45, 7) is 7.10. The smallest absolute Gasteiger partial charge is 0.188 e. The van der Waals surface area contributed by atoms with Crippen molar-refractivity contribution in [3.05, 3.63) is 41.7 Å². The summed E-state index contributed by atoms with van der Waals surface area (Å²) in [5.74, 6) is 0.777. The first-order valence-electron chi connectivity index (χ1n) is 7.31. The highest BCUT2D eigenvalue weighted by atomic mass is 15.6. The van der Waals surface area contributed by atoms with E-state index in [1.165, 1.54) is 10.4 Å². The lowest BCUT2D eigenvalue weighted by molar-refractivity contribution is 0.0558. The molecule has 1 saturated heterocycles. The van der Waals surface area contributed by atoms with Gasteiger partial charge in [0.25, 0.3) is 0 Å². The summed E-state index contributed by atoms with van der Waals surface area (Å²) in [5.41, 5.74) is 1.40. The van der Waals surface area contributed by atoms with Gasteiger partial charge in [0.05, 0.1) is 13.6 Å². The molecule has 112 valence electrons. The minimum absolute atomic E-state index is 0.0739. The Hall–Kier alpha value is -1.79. The molecule has 0 saturated carbocycles. The Balaban J connectivity index is 1.76. The molecule has 1 unspecified atom stereocenters. The largest absolute Gasteiger partial charge is 0.307 e. The Kier molecular flexibility index (Phi) is 3.73. The van der Waals surface area contributed by atoms with Gasteiger partial charge in [0.15, 0.2) is 5.82 Å². The molecule has 1 atom stereocenters. The molecular formula is C15H22N6. The monoisotopic (exact) mass is 286 g/mol. The van der Waals surface area contributed by atoms with E-state index in [1.54, 1.807) is 7.05 Å². The van der Waals surface area contributed by atoms with Crippen LogP contribution in [0.3, 0.4) is 0 Å². The van der Waals surface area contributed by atoms with E-state index in [1.807, 2.05) is 0 Å². The molecule has 1 aliphatic rings. The number of hydrogen-bond acceptors (Lipinski definition) is 5. The number of rotatable bonds is 3. The van der Waals surface area contributed by atoms with Crippen LogP contribution >= 0.6 is 0 Å². The highest BCUT2D eigenvalue weighted by molar-refractivity contribution is 5.20. The molecule has 0 bridgehead atoms. The first kappa shape index (κ1) is 14.2. The van der Waals surface area contributed by atoms with Gasteiger partial charge in [0.2, 0.25) is 0 Å². The molecule has 2 heterocycles. The van der Waals surface area contributed by atoms with Crippen LogP contribution in [0.25, 0.3) is 0 Å². The van der Waals surface area contributed by atoms with Crippen molar-refractivity contribution in [2.24, 2.45) is 7.05 Å². The van der Waals surface area contributed by atoms with Gasteiger partial charge in [0, 0.05) is 24.7 Å². The predicted octanol–water partition coefficient (Wildman–Crippen LogP) is 1.14. The Bertz CT molecular complexity index is 591. The quantitative estimate of drug-likeness (QED) is 0.917. The summed E-state index contributed by atoms with van der Waals surface area (Å²) in [6.07, 6.45) is 0. The molecule has 1 aromatic heterocycles. The molecule has 1 fully saturated rings. The fourth-order valence-electron chi connectivity index (χ4n) is 2.76. The molecule has 21 heavy (non-hydrogen) atoms. The van der Waals surface area contributed by atoms with Crippen LogP contribution in [0, 0.1) is 0 Å². The lowest BCUT2D eigenvalue weighted by Crippen LogP contribution is -2.58. The summed E-state index contributed by atoms with van der Waals surface area (Å²) < 4.78 is 0. The summed E-state index contributed by atoms with van der Waals surface area (Å²) in [7, 11) is 1.80. The van der Waals surface area contributed by atoms with Crippen molar-refractivity contribution in [1.29, 1.82) is 0 Å². The number of aromatic nitrogens is 4. The number of tetrazole rings is 1. The van der Waals surface area contributed by atoms with Crippen LogP contribution in [0.1, 0.15) is 31.3 Å². The van der Waals surface area contributed by atoms with Gasteiger partial charge in [-0.1, -0.05) is 30.3 Å². The van der Waals surface area contributed by atoms with Gasteiger partial charge in [-0.05, 0) is 24.6 Å². The molecule has 0 radical (unpaired) electrons. The molecular weight excluding hydrogens is 264 g/mol. The van der Waals surface area contributed by atoms with Gasteiger partial charge >= 0.3 is 0 Å². The molecule has 3 rings (SSSR count). The first-order chi connectivity index (χ1) is 10.0. The summed E-state index contributed by atoms with van der Waals surface area (Å²) in [4.78, 5) is 3.94. The Labute approximate surface area is 125 Å². The summed E-state index contributed by atoms with van der Waals surface area (Å²) >= 11 is 0. The van der Waals surface area contributed by atoms with Crippen molar-refractivity contribution >= 4 is 0 Å². The maximum atomic E-state index is 4.30. The van der Waals surface area contributed by atoms with Gasteiger partial charge in [-0.15, -0.1) is 10.2 Å². The van der Waals surface area contributed by atoms with E-state index in [-0.39, 0.29) is 5.54 Å². The van der Waals surface area contributed by atoms with Gasteiger partial charge in [-0.3, -0.25) is 4.90 Å². The molecule has 1 aromatic carbocycles. The van der Waals surface area contributed by atoms with E-state index in [9.17, 15) is 0 Å². The van der Waals surface area contributed by atoms with Crippen molar-refractivity contribution in [1.82, 2.24) is 30.4 Å². The van der Waals surface area contributed by atoms with Crippen LogP contribution < -0.4 is 5.32 Å². The van der Waals surface area contributed by atoms with Gasteiger partial charge in [0.1, 0.15) is 0 Å². The number of benzene rings is 1. The number of aryl methyl sites for hydroxylation is 1. The van der Waals surface area contributed by atoms with Gasteiger partial charge in [-0.25, -0.2) is 0 Å². The highest BCUT2D eigenvalue weighted by Gasteiger charge is 2.35. The van der Waals surface area contributed by atoms with Gasteiger partial charge in [-0.2, -0.15) is 4.80 Å². The van der Waals surface area contributed by atoms with Crippen LogP contribution in [0.2, 0.25) is 0 Å². The SMILES string of the molecule is Cn1nnc(CN2CC(c3ccccc3)NCC2(C)C)n1. The van der Waals surface area contributed by atoms with E-state index in [0.717, 1.165) is 25.5 Å². The van der Waals surface area contributed by atoms with Crippen LogP contribution in [0.5, 0.6) is 0 Å². The molecule has 0 spiro atoms. The van der Waals surface area contributed by atoms with Crippen molar-refractivity contribution < 1.29 is 0 Å². The number of piperazine rings is 1. The van der Waals surface area contributed by atoms with E-state index < -0.39 is 0 Å². The maximum Gasteiger partial charge on any atom is 0.188 e. The fraction of sp³-hybridized carbons (Fsp3) is 0.533. The number of nitrogens with one attached hydrogen (secondary N) is 1. The molecule has 0 aliphatic carbocycles. The third-order valence-electron chi connectivity index (χ3n) is 4.12. The summed E-state index contributed by atoms with van der Waals surface area (Å²) in [6, 6.07) is 10.9. The van der Waals surface area contributed by atoms with E-state index in [4.69, 9.17) is 0 Å². The lowest BCUT2D eigenvalue weighted by Gasteiger charge is -2.45. The van der Waals surface area contributed by atoms with Gasteiger partial charge < -0.3 is 5.32 Å². The molecule has 1 aliphatic heterocycles. The molecule has 2 aromatic rings. The van der Waals surface area contributed by atoms with Crippen LogP contribution in [0.15, 0.2) is 30.3 Å². The van der Waals surface area contributed by atoms with E-state index in [2.05, 4.69) is 69.8 Å². The van der Waals surface area contributed by atoms with Crippen LogP contribution in [-0.4, -0.2) is 43.7 Å². The van der Waals surface area contributed by atoms with Crippen LogP contribution in [-0.2, 0) is 13.6 Å². The molecule has 0 amide bonds. The Morgan fingerprint density at radius 1 is 1.29 bits per heavy atom. The first-order valence-corrected chi connectivity index (χ1v) is 7.31. The number of nitrogens with zero attached hydrogens (tertiary/aromatic N) is 5. The van der Waals surface area contributed by atoms with Crippen molar-refractivity contribution in [3.63, 3.8) is 0 Å². The molecule has 6 heteroatoms. The molecule has 1 N–H and O–H groups in total. The topological polar surface area (TPSA) is 58.9 Å². The predicted molar refractivity (Wildman–Crippen MR) is 80.5 cm³/mol. The minimum Gasteiger partial charge on any atom is -0.307 e. The summed E-state index contributed by atoms with van der Waals surface area (Å²) in [5, 5.41) is 16.0. The van der Waals surface area contributed by atoms with Crippen molar-refractivity contribution in [3.8, 4) is 0 Å². The maximum absolute atomic E-state index is 4.30. The standard InChI is InChI=1S/C15H22N6/c1-15(2)11-16-13(12-7-5-4-6-8-12)9-21(15)10-14-17-19-20(3)18-14/h4-8,13,16H,9-11H2,1-3H3. The minimum atomic E-state index is 0.0739. The lowest BCUT2D eigenvalue weighted by atomic mass is 9.94. The normalized spacial score (nSPS) is 22.3. The fourth-order valence-corrected chi connectivity index (χ4v) is 2.76. The van der Waals surface area contributed by atoms with E-state index in [0.29, 0.717) is 6.04 Å². The van der Waals surface area contributed by atoms with Crippen molar-refractivity contribution in [2.45, 2.75) is 32.0 Å².